The predicted molar refractivity (Wildman–Crippen MR) is 96.7 cm³/mol. The zero-order valence-corrected chi connectivity index (χ0v) is 15.7. The van der Waals surface area contributed by atoms with Crippen LogP contribution >= 0.6 is 0 Å². The molecule has 23 heavy (non-hydrogen) atoms. The highest BCUT2D eigenvalue weighted by Crippen LogP contribution is 2.13. The second kappa shape index (κ2) is 16.3. The summed E-state index contributed by atoms with van der Waals surface area (Å²) < 4.78 is 33.0. The maximum Gasteiger partial charge on any atom is 0.445 e. The first kappa shape index (κ1) is 22.4. The van der Waals surface area contributed by atoms with E-state index in [9.17, 15) is 8.42 Å². The first-order valence-electron chi connectivity index (χ1n) is 9.37. The molecule has 0 fully saturated rings. The molecule has 0 radical (unpaired) electrons. The van der Waals surface area contributed by atoms with Gasteiger partial charge in [0.25, 0.3) is 0 Å². The fraction of sp³-hybridized carbons (Fsp3) is 0.889. The summed E-state index contributed by atoms with van der Waals surface area (Å²) >= 11 is 0. The van der Waals surface area contributed by atoms with Gasteiger partial charge in [-0.25, -0.2) is 0 Å². The van der Waals surface area contributed by atoms with Crippen molar-refractivity contribution >= 4 is 10.4 Å². The van der Waals surface area contributed by atoms with Crippen LogP contribution in [0.2, 0.25) is 0 Å². The first-order valence-corrected chi connectivity index (χ1v) is 10.7. The van der Waals surface area contributed by atoms with Gasteiger partial charge in [-0.3, -0.25) is 4.55 Å². The monoisotopic (exact) mass is 348 g/mol. The lowest BCUT2D eigenvalue weighted by Crippen LogP contribution is -1.96. The third kappa shape index (κ3) is 21.5. The maximum atomic E-state index is 10.3. The molecule has 0 unspecified atom stereocenters. The summed E-state index contributed by atoms with van der Waals surface area (Å²) in [5.74, 6) is 0. The van der Waals surface area contributed by atoms with Gasteiger partial charge >= 0.3 is 10.4 Å². The molecular weight excluding hydrogens is 312 g/mol. The van der Waals surface area contributed by atoms with Crippen LogP contribution in [0, 0.1) is 0 Å². The second-order valence-corrected chi connectivity index (χ2v) is 7.33. The van der Waals surface area contributed by atoms with Gasteiger partial charge in [0, 0.05) is 0 Å². The van der Waals surface area contributed by atoms with Gasteiger partial charge in [-0.05, 0) is 18.9 Å². The van der Waals surface area contributed by atoms with Crippen molar-refractivity contribution in [3.63, 3.8) is 0 Å². The third-order valence-corrected chi connectivity index (χ3v) is 4.35. The molecule has 0 aliphatic heterocycles. The Bertz CT molecular complexity index is 363. The van der Waals surface area contributed by atoms with E-state index in [1.165, 1.54) is 77.0 Å². The summed E-state index contributed by atoms with van der Waals surface area (Å²) in [6.45, 7) is 2.26. The van der Waals surface area contributed by atoms with Crippen LogP contribution in [-0.4, -0.2) is 13.0 Å². The number of unbranched alkanes of at least 4 members (excludes halogenated alkanes) is 14. The predicted octanol–water partition coefficient (Wildman–Crippen LogP) is 6.19. The summed E-state index contributed by atoms with van der Waals surface area (Å²) in [7, 11) is -4.33. The summed E-state index contributed by atoms with van der Waals surface area (Å²) in [6, 6.07) is 0. The van der Waals surface area contributed by atoms with E-state index in [4.69, 9.17) is 4.55 Å². The third-order valence-electron chi connectivity index (χ3n) is 4.00. The van der Waals surface area contributed by atoms with Gasteiger partial charge in [-0.15, -0.1) is 0 Å². The molecule has 0 aromatic carbocycles. The highest BCUT2D eigenvalue weighted by Gasteiger charge is 1.98. The molecule has 138 valence electrons. The Morgan fingerprint density at radius 3 is 1.52 bits per heavy atom. The Balaban J connectivity index is 3.11. The molecule has 4 nitrogen and oxygen atoms in total. The van der Waals surface area contributed by atoms with Crippen LogP contribution in [0.4, 0.5) is 0 Å². The van der Waals surface area contributed by atoms with Crippen molar-refractivity contribution in [2.75, 3.05) is 0 Å². The van der Waals surface area contributed by atoms with E-state index in [1.807, 2.05) is 0 Å². The molecule has 0 rings (SSSR count). The maximum absolute atomic E-state index is 10.3. The molecule has 0 heterocycles. The Hall–Kier alpha value is -0.550. The van der Waals surface area contributed by atoms with Crippen LogP contribution in [0.3, 0.4) is 0 Å². The van der Waals surface area contributed by atoms with Crippen LogP contribution in [0.25, 0.3) is 0 Å². The van der Waals surface area contributed by atoms with Gasteiger partial charge in [-0.1, -0.05) is 90.4 Å². The SMILES string of the molecule is CCCCCCCCCCCCCCCCC=COS(=O)(=O)O. The van der Waals surface area contributed by atoms with Crippen molar-refractivity contribution < 1.29 is 17.2 Å². The minimum atomic E-state index is -4.33. The molecule has 0 saturated heterocycles. The molecule has 1 N–H and O–H groups in total. The van der Waals surface area contributed by atoms with Gasteiger partial charge in [0.15, 0.2) is 0 Å². The van der Waals surface area contributed by atoms with Crippen LogP contribution in [0.1, 0.15) is 103 Å². The van der Waals surface area contributed by atoms with Crippen molar-refractivity contribution in [2.24, 2.45) is 0 Å². The Kier molecular flexibility index (Phi) is 15.9. The molecule has 0 saturated carbocycles. The van der Waals surface area contributed by atoms with E-state index < -0.39 is 10.4 Å². The van der Waals surface area contributed by atoms with E-state index in [0.29, 0.717) is 0 Å². The highest BCUT2D eigenvalue weighted by atomic mass is 32.3. The average molecular weight is 349 g/mol. The molecule has 0 bridgehead atoms. The quantitative estimate of drug-likeness (QED) is 0.193. The molecule has 5 heteroatoms. The topological polar surface area (TPSA) is 63.6 Å². The van der Waals surface area contributed by atoms with Crippen molar-refractivity contribution in [3.8, 4) is 0 Å². The normalized spacial score (nSPS) is 12.1. The van der Waals surface area contributed by atoms with E-state index in [1.54, 1.807) is 6.08 Å². The van der Waals surface area contributed by atoms with Crippen molar-refractivity contribution in [2.45, 2.75) is 103 Å². The summed E-state index contributed by atoms with van der Waals surface area (Å²) in [4.78, 5) is 0. The molecule has 0 aliphatic carbocycles. The molecule has 0 aliphatic rings. The molecule has 0 amide bonds. The molecule has 0 atom stereocenters. The number of rotatable bonds is 17. The fourth-order valence-corrected chi connectivity index (χ4v) is 2.85. The van der Waals surface area contributed by atoms with Gasteiger partial charge in [0.2, 0.25) is 0 Å². The Morgan fingerprint density at radius 1 is 0.739 bits per heavy atom. The summed E-state index contributed by atoms with van der Waals surface area (Å²) in [5, 5.41) is 0. The largest absolute Gasteiger partial charge is 0.445 e. The van der Waals surface area contributed by atoms with Gasteiger partial charge in [-0.2, -0.15) is 8.42 Å². The molecule has 0 aromatic rings. The van der Waals surface area contributed by atoms with E-state index >= 15 is 0 Å². The number of hydrogen-bond donors (Lipinski definition) is 1. The number of hydrogen-bond acceptors (Lipinski definition) is 3. The average Bonchev–Trinajstić information content (AvgIpc) is 2.49. The van der Waals surface area contributed by atoms with Crippen LogP contribution in [0.15, 0.2) is 12.3 Å². The van der Waals surface area contributed by atoms with E-state index in [2.05, 4.69) is 11.1 Å². The van der Waals surface area contributed by atoms with Gasteiger partial charge in [0.1, 0.15) is 6.26 Å². The van der Waals surface area contributed by atoms with Gasteiger partial charge < -0.3 is 4.18 Å². The smallest absolute Gasteiger partial charge is 0.370 e. The highest BCUT2D eigenvalue weighted by molar-refractivity contribution is 7.81. The lowest BCUT2D eigenvalue weighted by Gasteiger charge is -2.02. The summed E-state index contributed by atoms with van der Waals surface area (Å²) in [5.41, 5.74) is 0. The minimum Gasteiger partial charge on any atom is -0.370 e. The minimum absolute atomic E-state index is 0.785. The van der Waals surface area contributed by atoms with E-state index in [-0.39, 0.29) is 0 Å². The van der Waals surface area contributed by atoms with Crippen LogP contribution in [-0.2, 0) is 14.6 Å². The second-order valence-electron chi connectivity index (χ2n) is 6.28. The fourth-order valence-electron chi connectivity index (χ4n) is 2.63. The van der Waals surface area contributed by atoms with E-state index in [0.717, 1.165) is 25.5 Å². The van der Waals surface area contributed by atoms with Crippen molar-refractivity contribution in [1.82, 2.24) is 0 Å². The molecule has 0 spiro atoms. The van der Waals surface area contributed by atoms with Crippen LogP contribution < -0.4 is 0 Å². The van der Waals surface area contributed by atoms with Crippen LogP contribution in [0.5, 0.6) is 0 Å². The Morgan fingerprint density at radius 2 is 1.13 bits per heavy atom. The lowest BCUT2D eigenvalue weighted by atomic mass is 10.0. The zero-order chi connectivity index (χ0) is 17.2. The standard InChI is InChI=1S/C18H36O4S/c1-2-3-4-5-6-7-8-9-10-11-12-13-14-15-16-17-18-22-23(19,20)21/h17-18H,2-16H2,1H3,(H,19,20,21). The van der Waals surface area contributed by atoms with Gasteiger partial charge in [0.05, 0.1) is 0 Å². The Labute approximate surface area is 143 Å². The molecule has 0 aromatic heterocycles. The van der Waals surface area contributed by atoms with Crippen molar-refractivity contribution in [1.29, 1.82) is 0 Å². The summed E-state index contributed by atoms with van der Waals surface area (Å²) in [6.07, 6.45) is 22.0. The molecular formula is C18H36O4S. The lowest BCUT2D eigenvalue weighted by molar-refractivity contribution is 0.355. The number of allylic oxidation sites excluding steroid dienone is 1. The first-order chi connectivity index (χ1) is 11.1. The van der Waals surface area contributed by atoms with Crippen molar-refractivity contribution in [3.05, 3.63) is 12.3 Å². The zero-order valence-electron chi connectivity index (χ0n) is 14.8.